The fourth-order valence-electron chi connectivity index (χ4n) is 5.09. The largest absolute Gasteiger partial charge is 0.508 e. The normalized spacial score (nSPS) is 20.8. The van der Waals surface area contributed by atoms with Gasteiger partial charge in [0, 0.05) is 36.1 Å². The van der Waals surface area contributed by atoms with Crippen LogP contribution in [0.3, 0.4) is 0 Å². The van der Waals surface area contributed by atoms with E-state index in [0.717, 1.165) is 11.1 Å². The Bertz CT molecular complexity index is 1720. The van der Waals surface area contributed by atoms with Crippen LogP contribution in [0, 0.1) is 0 Å². The van der Waals surface area contributed by atoms with E-state index in [1.165, 1.54) is 47.4 Å². The molecule has 0 spiro atoms. The van der Waals surface area contributed by atoms with Gasteiger partial charge in [-0.3, -0.25) is 19.2 Å². The molecular weight excluding hydrogens is 653 g/mol. The molecule has 0 unspecified atom stereocenters. The lowest BCUT2D eigenvalue weighted by molar-refractivity contribution is -0.133. The van der Waals surface area contributed by atoms with Crippen molar-refractivity contribution >= 4 is 51.9 Å². The number of anilines is 1. The van der Waals surface area contributed by atoms with Crippen molar-refractivity contribution in [3.8, 4) is 11.5 Å². The number of fused-ring (bicyclic) bond motifs is 2. The molecule has 5 rings (SSSR count). The molecule has 2 bridgehead atoms. The molecule has 4 aromatic rings. The van der Waals surface area contributed by atoms with E-state index in [4.69, 9.17) is 5.73 Å². The van der Waals surface area contributed by atoms with Crippen molar-refractivity contribution in [3.63, 3.8) is 0 Å². The van der Waals surface area contributed by atoms with E-state index < -0.39 is 47.8 Å². The number of hydrogen-bond acceptors (Lipinski definition) is 10. The van der Waals surface area contributed by atoms with Gasteiger partial charge in [-0.1, -0.05) is 54.6 Å². The van der Waals surface area contributed by atoms with Crippen LogP contribution in [-0.4, -0.2) is 68.7 Å². The first-order valence-corrected chi connectivity index (χ1v) is 17.2. The number of thiazole rings is 1. The number of nitrogens with one attached hydrogen (secondary N) is 4. The lowest BCUT2D eigenvalue weighted by atomic mass is 10.0. The van der Waals surface area contributed by atoms with Crippen LogP contribution >= 0.6 is 23.1 Å². The van der Waals surface area contributed by atoms with E-state index >= 15 is 0 Å². The maximum absolute atomic E-state index is 14.0. The van der Waals surface area contributed by atoms with Crippen molar-refractivity contribution in [3.05, 3.63) is 107 Å². The number of phenols is 2. The average molecular weight is 689 g/mol. The Kier molecular flexibility index (Phi) is 11.5. The third kappa shape index (κ3) is 9.72. The summed E-state index contributed by atoms with van der Waals surface area (Å²) < 4.78 is 0. The maximum atomic E-state index is 14.0. The summed E-state index contributed by atoms with van der Waals surface area (Å²) in [6, 6.07) is 17.7. The molecule has 0 fully saturated rings. The summed E-state index contributed by atoms with van der Waals surface area (Å²) in [6.07, 6.45) is 0.372. The third-order valence-electron chi connectivity index (χ3n) is 7.66. The zero-order chi connectivity index (χ0) is 34.0. The lowest BCUT2D eigenvalue weighted by Gasteiger charge is -2.26. The molecule has 14 heteroatoms. The number of thioether (sulfide) groups is 1. The molecule has 4 atom stereocenters. The first kappa shape index (κ1) is 34.3. The molecule has 1 aliphatic rings. The molecule has 0 aliphatic carbocycles. The minimum atomic E-state index is -1.14. The topological polar surface area (TPSA) is 196 Å². The number of phenolic OH excluding ortho intramolecular Hbond substituents is 2. The van der Waals surface area contributed by atoms with Crippen molar-refractivity contribution in [2.75, 3.05) is 11.1 Å². The summed E-state index contributed by atoms with van der Waals surface area (Å²) >= 11 is 2.67. The maximum Gasteiger partial charge on any atom is 0.243 e. The summed E-state index contributed by atoms with van der Waals surface area (Å²) in [5.74, 6) is -1.69. The lowest BCUT2D eigenvalue weighted by Crippen LogP contribution is -2.58. The predicted octanol–water partition coefficient (Wildman–Crippen LogP) is 2.25. The van der Waals surface area contributed by atoms with Crippen LogP contribution in [0.25, 0.3) is 0 Å². The molecular formula is C34H36N6O6S2. The molecule has 48 heavy (non-hydrogen) atoms. The van der Waals surface area contributed by atoms with E-state index in [9.17, 15) is 29.4 Å². The van der Waals surface area contributed by atoms with Gasteiger partial charge in [-0.15, -0.1) is 11.3 Å². The fraction of sp³-hybridized carbons (Fsp3) is 0.265. The van der Waals surface area contributed by atoms with Crippen LogP contribution in [0.5, 0.6) is 11.5 Å². The molecule has 4 amide bonds. The highest BCUT2D eigenvalue weighted by atomic mass is 32.2. The first-order valence-electron chi connectivity index (χ1n) is 15.2. The van der Waals surface area contributed by atoms with Gasteiger partial charge in [0.15, 0.2) is 5.13 Å². The summed E-state index contributed by atoms with van der Waals surface area (Å²) in [5.41, 5.74) is 8.55. The van der Waals surface area contributed by atoms with Gasteiger partial charge in [0.2, 0.25) is 23.6 Å². The molecule has 1 aromatic heterocycles. The number of rotatable bonds is 7. The minimum Gasteiger partial charge on any atom is -0.508 e. The van der Waals surface area contributed by atoms with Crippen molar-refractivity contribution in [1.29, 1.82) is 0 Å². The summed E-state index contributed by atoms with van der Waals surface area (Å²) in [5, 5.41) is 33.5. The molecule has 250 valence electrons. The highest BCUT2D eigenvalue weighted by Crippen LogP contribution is 2.23. The molecule has 0 radical (unpaired) electrons. The van der Waals surface area contributed by atoms with Crippen LogP contribution in [0.1, 0.15) is 22.4 Å². The number of nitrogens with two attached hydrogens (primary N) is 1. The fourth-order valence-corrected chi connectivity index (χ4v) is 6.92. The number of benzene rings is 3. The number of hydrogen-bond donors (Lipinski definition) is 7. The van der Waals surface area contributed by atoms with Gasteiger partial charge < -0.3 is 37.2 Å². The van der Waals surface area contributed by atoms with Gasteiger partial charge >= 0.3 is 0 Å². The van der Waals surface area contributed by atoms with E-state index in [-0.39, 0.29) is 36.5 Å². The van der Waals surface area contributed by atoms with Crippen molar-refractivity contribution in [2.24, 2.45) is 5.73 Å². The second-order valence-electron chi connectivity index (χ2n) is 11.4. The van der Waals surface area contributed by atoms with E-state index in [0.29, 0.717) is 22.1 Å². The van der Waals surface area contributed by atoms with Crippen LogP contribution in [0.2, 0.25) is 0 Å². The van der Waals surface area contributed by atoms with E-state index in [2.05, 4.69) is 26.3 Å². The number of nitrogens with zero attached hydrogens (tertiary/aromatic N) is 1. The summed E-state index contributed by atoms with van der Waals surface area (Å²) in [6.45, 7) is 0. The number of aromatic hydroxyl groups is 2. The Hall–Kier alpha value is -5.08. The second kappa shape index (κ2) is 16.2. The number of primary amides is 1. The van der Waals surface area contributed by atoms with Crippen molar-refractivity contribution in [1.82, 2.24) is 20.9 Å². The van der Waals surface area contributed by atoms with E-state index in [1.807, 2.05) is 35.7 Å². The van der Waals surface area contributed by atoms with Gasteiger partial charge in [-0.2, -0.15) is 11.8 Å². The highest BCUT2D eigenvalue weighted by Gasteiger charge is 2.32. The molecule has 3 aromatic carbocycles. The third-order valence-corrected chi connectivity index (χ3v) is 9.55. The monoisotopic (exact) mass is 688 g/mol. The second-order valence-corrected chi connectivity index (χ2v) is 13.3. The molecule has 2 heterocycles. The molecule has 1 aliphatic heterocycles. The van der Waals surface area contributed by atoms with E-state index in [1.54, 1.807) is 24.3 Å². The van der Waals surface area contributed by atoms with Crippen LogP contribution in [0.4, 0.5) is 5.13 Å². The average Bonchev–Trinajstić information content (AvgIpc) is 3.52. The Balaban J connectivity index is 1.50. The van der Waals surface area contributed by atoms with Gasteiger partial charge in [0.25, 0.3) is 0 Å². The number of aromatic nitrogens is 1. The quantitative estimate of drug-likeness (QED) is 0.152. The van der Waals surface area contributed by atoms with Crippen molar-refractivity contribution < 1.29 is 29.4 Å². The Morgan fingerprint density at radius 3 is 1.71 bits per heavy atom. The number of carbonyl (C=O) groups excluding carboxylic acids is 4. The molecule has 0 saturated carbocycles. The zero-order valence-electron chi connectivity index (χ0n) is 25.8. The number of carbonyl (C=O) groups is 4. The zero-order valence-corrected chi connectivity index (χ0v) is 27.4. The smallest absolute Gasteiger partial charge is 0.243 e. The number of amides is 4. The van der Waals surface area contributed by atoms with Gasteiger partial charge in [-0.25, -0.2) is 4.98 Å². The Labute approximate surface area is 285 Å². The molecule has 0 saturated heterocycles. The van der Waals surface area contributed by atoms with Gasteiger partial charge in [-0.05, 0) is 41.0 Å². The van der Waals surface area contributed by atoms with Crippen molar-refractivity contribution in [2.45, 2.75) is 49.2 Å². The van der Waals surface area contributed by atoms with Gasteiger partial charge in [0.1, 0.15) is 35.7 Å². The summed E-state index contributed by atoms with van der Waals surface area (Å²) in [4.78, 5) is 58.7. The molecule has 8 N–H and O–H groups in total. The van der Waals surface area contributed by atoms with Crippen LogP contribution in [-0.2, 0) is 44.2 Å². The summed E-state index contributed by atoms with van der Waals surface area (Å²) in [7, 11) is 0. The van der Waals surface area contributed by atoms with Gasteiger partial charge in [0.05, 0.1) is 5.69 Å². The first-order chi connectivity index (χ1) is 23.1. The Morgan fingerprint density at radius 2 is 1.19 bits per heavy atom. The molecule has 12 nitrogen and oxygen atoms in total. The SMILES string of the molecule is NC(=O)[C@@H]1CSCc2csc(n2)N[C@@H](Cc2ccc(O)cc2)C(=O)N[C@@H](Cc2ccc(O)cc2)C(=O)N[C@@H](Cc2ccccc2)C(=O)N1. The van der Waals surface area contributed by atoms with Crippen LogP contribution < -0.4 is 27.0 Å². The highest BCUT2D eigenvalue weighted by molar-refractivity contribution is 7.98. The predicted molar refractivity (Wildman–Crippen MR) is 184 cm³/mol. The van der Waals surface area contributed by atoms with Crippen LogP contribution in [0.15, 0.2) is 84.2 Å². The minimum absolute atomic E-state index is 0.0453. The Morgan fingerprint density at radius 1 is 0.708 bits per heavy atom. The standard InChI is InChI=1S/C34H36N6O6S2/c35-30(43)29-19-47-17-23-18-48-34(36-23)40-28(16-22-8-12-25(42)13-9-22)33(46)38-27(15-21-6-10-24(41)11-7-21)31(44)37-26(32(45)39-29)14-20-4-2-1-3-5-20/h1-13,18,26-29,41-42H,14-17,19H2,(H2,35,43)(H,36,40)(H,37,44)(H,38,46)(H,39,45)/t26-,27-,28-,29-/m0/s1.